The molecule has 12 nitrogen and oxygen atoms in total. The van der Waals surface area contributed by atoms with Crippen LogP contribution >= 0.6 is 0 Å². The second-order valence-corrected chi connectivity index (χ2v) is 19.6. The molecule has 6 aliphatic rings. The van der Waals surface area contributed by atoms with E-state index in [2.05, 4.69) is 30.9 Å². The molecule has 12 heteroatoms. The van der Waals surface area contributed by atoms with Crippen LogP contribution in [0.4, 0.5) is 0 Å². The fourth-order valence-corrected chi connectivity index (χ4v) is 14.7. The fraction of sp³-hybridized carbons (Fsp3) is 0.800. The molecule has 3 N–H and O–H groups in total. The van der Waals surface area contributed by atoms with Crippen LogP contribution in [-0.4, -0.2) is 134 Å². The molecule has 15 atom stereocenters. The zero-order valence-corrected chi connectivity index (χ0v) is 38.4. The second kappa shape index (κ2) is 20.0. The summed E-state index contributed by atoms with van der Waals surface area (Å²) in [7, 11) is 6.41. The number of rotatable bonds is 24. The van der Waals surface area contributed by atoms with Crippen LogP contribution in [0.3, 0.4) is 0 Å². The van der Waals surface area contributed by atoms with Gasteiger partial charge < -0.3 is 43.7 Å². The molecule has 1 aromatic rings. The summed E-state index contributed by atoms with van der Waals surface area (Å²) in [6, 6.07) is 8.31. The van der Waals surface area contributed by atoms with Crippen LogP contribution < -0.4 is 0 Å². The summed E-state index contributed by atoms with van der Waals surface area (Å²) in [6.07, 6.45) is 14.0. The van der Waals surface area contributed by atoms with Gasteiger partial charge in [-0.05, 0) is 63.1 Å². The molecule has 5 aliphatic carbocycles. The zero-order chi connectivity index (χ0) is 44.3. The van der Waals surface area contributed by atoms with Crippen molar-refractivity contribution in [1.29, 1.82) is 0 Å². The van der Waals surface area contributed by atoms with Gasteiger partial charge in [-0.3, -0.25) is 9.69 Å². The molecular weight excluding hydrogens is 791 g/mol. The van der Waals surface area contributed by atoms with Gasteiger partial charge in [-0.2, -0.15) is 0 Å². The number of hydrogen-bond donors (Lipinski definition) is 3. The molecule has 348 valence electrons. The number of piperidine rings is 1. The smallest absolute Gasteiger partial charge is 0.338 e. The number of benzene rings is 1. The lowest BCUT2D eigenvalue weighted by atomic mass is 9.42. The third-order valence-corrected chi connectivity index (χ3v) is 16.8. The summed E-state index contributed by atoms with van der Waals surface area (Å²) < 4.78 is 38.7. The van der Waals surface area contributed by atoms with Crippen molar-refractivity contribution in [2.75, 3.05) is 48.1 Å². The van der Waals surface area contributed by atoms with Gasteiger partial charge in [0.05, 0.1) is 30.5 Å². The number of hydrogen-bond acceptors (Lipinski definition) is 12. The quantitative estimate of drug-likeness (QED) is 0.0579. The van der Waals surface area contributed by atoms with E-state index < -0.39 is 88.3 Å². The van der Waals surface area contributed by atoms with Crippen molar-refractivity contribution in [2.24, 2.45) is 34.5 Å². The van der Waals surface area contributed by atoms with Crippen molar-refractivity contribution >= 4 is 11.9 Å². The van der Waals surface area contributed by atoms with Crippen LogP contribution in [-0.2, 0) is 33.2 Å². The van der Waals surface area contributed by atoms with Gasteiger partial charge in [-0.25, -0.2) is 4.79 Å². The van der Waals surface area contributed by atoms with Gasteiger partial charge in [0.25, 0.3) is 0 Å². The number of aliphatic hydroxyl groups excluding tert-OH is 2. The Hall–Kier alpha value is -2.42. The van der Waals surface area contributed by atoms with Crippen LogP contribution in [0, 0.1) is 34.5 Å². The molecule has 0 aromatic heterocycles. The minimum Gasteiger partial charge on any atom is -0.455 e. The molecule has 1 spiro atoms. The number of fused-ring (bicyclic) bond motifs is 2. The number of ether oxygens (including phenoxy) is 6. The second-order valence-electron chi connectivity index (χ2n) is 19.6. The third-order valence-electron chi connectivity index (χ3n) is 16.8. The maximum atomic E-state index is 14.6. The van der Waals surface area contributed by atoms with Gasteiger partial charge in [-0.1, -0.05) is 95.6 Å². The molecule has 62 heavy (non-hydrogen) atoms. The Morgan fingerprint density at radius 2 is 1.48 bits per heavy atom. The number of carbonyl (C=O) groups excluding carboxylic acids is 2. The molecule has 1 aromatic carbocycles. The van der Waals surface area contributed by atoms with Crippen LogP contribution in [0.2, 0.25) is 0 Å². The molecular formula is C50H77NO11. The number of carbonyl (C=O) groups is 2. The van der Waals surface area contributed by atoms with E-state index in [1.165, 1.54) is 45.6 Å². The topological polar surface area (TPSA) is 153 Å². The van der Waals surface area contributed by atoms with Gasteiger partial charge >= 0.3 is 11.9 Å². The van der Waals surface area contributed by atoms with Crippen molar-refractivity contribution < 1.29 is 53.3 Å². The molecule has 5 saturated carbocycles. The van der Waals surface area contributed by atoms with E-state index in [0.29, 0.717) is 31.5 Å². The summed E-state index contributed by atoms with van der Waals surface area (Å²) in [5.74, 6) is -3.50. The molecule has 1 heterocycles. The van der Waals surface area contributed by atoms with E-state index in [-0.39, 0.29) is 31.4 Å². The minimum atomic E-state index is -1.85. The number of esters is 2. The Kier molecular flexibility index (Phi) is 15.3. The van der Waals surface area contributed by atoms with Gasteiger partial charge in [0, 0.05) is 82.5 Å². The van der Waals surface area contributed by atoms with E-state index in [4.69, 9.17) is 28.4 Å². The molecule has 7 rings (SSSR count). The number of nitrogens with zero attached hydrogens (tertiary/aromatic N) is 1. The highest BCUT2D eigenvalue weighted by molar-refractivity contribution is 5.89. The number of methoxy groups -OCH3 is 4. The lowest BCUT2D eigenvalue weighted by molar-refractivity contribution is -0.323. The number of allylic oxidation sites excluding steroid dienone is 2. The molecule has 6 fully saturated rings. The van der Waals surface area contributed by atoms with Crippen molar-refractivity contribution in [3.63, 3.8) is 0 Å². The molecule has 1 unspecified atom stereocenters. The van der Waals surface area contributed by atoms with Crippen molar-refractivity contribution in [1.82, 2.24) is 4.90 Å². The Labute approximate surface area is 370 Å². The van der Waals surface area contributed by atoms with Gasteiger partial charge in [0.15, 0.2) is 5.60 Å². The predicted molar refractivity (Wildman–Crippen MR) is 234 cm³/mol. The average Bonchev–Trinajstić information content (AvgIpc) is 3.65. The highest BCUT2D eigenvalue weighted by Crippen LogP contribution is 2.80. The summed E-state index contributed by atoms with van der Waals surface area (Å²) in [4.78, 5) is 31.0. The predicted octanol–water partition coefficient (Wildman–Crippen LogP) is 6.67. The zero-order valence-electron chi connectivity index (χ0n) is 38.4. The van der Waals surface area contributed by atoms with E-state index in [1.807, 2.05) is 6.07 Å². The summed E-state index contributed by atoms with van der Waals surface area (Å²) >= 11 is 0. The van der Waals surface area contributed by atoms with E-state index in [1.54, 1.807) is 45.6 Å². The molecule has 1 aliphatic heterocycles. The number of likely N-dealkylation sites (tertiary alicyclic amines) is 1. The monoisotopic (exact) mass is 868 g/mol. The Balaban J connectivity index is 1.19. The SMILES string of the molecule is CCCCCCCC/C=C\CCCCCCCC(=O)O[C@]12[C@H]3[C@@H](OC(=O)c4ccccc4)[C@](O)(C[C@H]3[C@@]34C5[C@@H]1[C@H](OC)[C@@H]3[C@](COC)(CN5CC)[C@H](O)C[C@@H]4OC)[C@@H](OC)[C@@H]2O. The highest BCUT2D eigenvalue weighted by Gasteiger charge is 2.92. The van der Waals surface area contributed by atoms with Crippen LogP contribution in [0.5, 0.6) is 0 Å². The summed E-state index contributed by atoms with van der Waals surface area (Å²) in [5, 5.41) is 38.4. The Morgan fingerprint density at radius 3 is 2.10 bits per heavy atom. The first-order valence-corrected chi connectivity index (χ1v) is 24.1. The first-order chi connectivity index (χ1) is 30.0. The van der Waals surface area contributed by atoms with Crippen molar-refractivity contribution in [3.05, 3.63) is 48.0 Å². The molecule has 0 radical (unpaired) electrons. The summed E-state index contributed by atoms with van der Waals surface area (Å²) in [5.41, 5.74) is -4.85. The molecule has 0 amide bonds. The van der Waals surface area contributed by atoms with Crippen LogP contribution in [0.15, 0.2) is 42.5 Å². The van der Waals surface area contributed by atoms with E-state index in [9.17, 15) is 24.9 Å². The fourth-order valence-electron chi connectivity index (χ4n) is 14.7. The van der Waals surface area contributed by atoms with Crippen molar-refractivity contribution in [2.45, 2.75) is 170 Å². The van der Waals surface area contributed by atoms with Gasteiger partial charge in [-0.15, -0.1) is 0 Å². The Morgan fingerprint density at radius 1 is 0.823 bits per heavy atom. The molecule has 1 saturated heterocycles. The first kappa shape index (κ1) is 47.5. The lowest BCUT2D eigenvalue weighted by Gasteiger charge is -2.70. The minimum absolute atomic E-state index is 0.0836. The van der Waals surface area contributed by atoms with E-state index in [0.717, 1.165) is 38.5 Å². The highest BCUT2D eigenvalue weighted by atomic mass is 16.6. The van der Waals surface area contributed by atoms with Gasteiger partial charge in [0.2, 0.25) is 0 Å². The average molecular weight is 868 g/mol. The van der Waals surface area contributed by atoms with Crippen molar-refractivity contribution in [3.8, 4) is 0 Å². The molecule has 7 bridgehead atoms. The third kappa shape index (κ3) is 7.62. The van der Waals surface area contributed by atoms with Gasteiger partial charge in [0.1, 0.15) is 23.9 Å². The standard InChI is InChI=1S/C50H77NO11/c1-7-9-10-11-12-13-14-15-16-17-18-19-20-21-25-28-37(53)62-50-38-34(30-48(56,45(60-6)43(50)54)44(38)61-46(55)33-26-23-22-24-27-33)49-36(58-4)29-35(52)47(32-57-3)31-51(8-2)42(49)39(50)40(59-5)41(47)49/h15-16,22-24,26-27,34-36,38-45,52,54,56H,7-14,17-21,25,28-32H2,1-6H3/b16-15-/t34-,35-,36+,38-,39+,40+,41-,42?,43+,44-,45+,47+,48-,49+,50-/m1/s1. The normalized spacial score (nSPS) is 40.2. The summed E-state index contributed by atoms with van der Waals surface area (Å²) in [6.45, 7) is 5.67. The lowest BCUT2D eigenvalue weighted by Crippen LogP contribution is -2.81. The van der Waals surface area contributed by atoms with Crippen LogP contribution in [0.1, 0.15) is 127 Å². The maximum absolute atomic E-state index is 14.6. The van der Waals surface area contributed by atoms with Crippen LogP contribution in [0.25, 0.3) is 0 Å². The Bertz CT molecular complexity index is 1680. The number of aliphatic hydroxyl groups is 3. The maximum Gasteiger partial charge on any atom is 0.338 e. The first-order valence-electron chi connectivity index (χ1n) is 24.1. The number of unbranched alkanes of at least 4 members (excludes halogenated alkanes) is 11. The largest absolute Gasteiger partial charge is 0.455 e. The van der Waals surface area contributed by atoms with E-state index >= 15 is 0 Å².